The fourth-order valence-electron chi connectivity index (χ4n) is 2.20. The van der Waals surface area contributed by atoms with Crippen molar-refractivity contribution in [2.45, 2.75) is 6.92 Å². The zero-order valence-electron chi connectivity index (χ0n) is 11.2. The van der Waals surface area contributed by atoms with Crippen LogP contribution in [0, 0.1) is 5.21 Å². The van der Waals surface area contributed by atoms with Gasteiger partial charge >= 0.3 is 5.97 Å². The lowest BCUT2D eigenvalue weighted by atomic mass is 9.89. The zero-order chi connectivity index (χ0) is 15.1. The summed E-state index contributed by atoms with van der Waals surface area (Å²) in [5.41, 5.74) is 1.27. The number of hydrogen-bond acceptors (Lipinski definition) is 6. The van der Waals surface area contributed by atoms with Crippen molar-refractivity contribution in [3.8, 4) is 0 Å². The summed E-state index contributed by atoms with van der Waals surface area (Å²) in [5.74, 6) is -0.969. The molecular formula is C13H10N4O4. The second kappa shape index (κ2) is 4.51. The van der Waals surface area contributed by atoms with Crippen LogP contribution in [-0.4, -0.2) is 27.2 Å². The van der Waals surface area contributed by atoms with Crippen LogP contribution in [0.5, 0.6) is 0 Å². The molecule has 0 aliphatic heterocycles. The average molecular weight is 286 g/mol. The molecule has 1 aliphatic rings. The highest BCUT2D eigenvalue weighted by molar-refractivity contribution is 6.28. The van der Waals surface area contributed by atoms with E-state index in [4.69, 9.17) is 0 Å². The number of aromatic nitrogens is 3. The number of rotatable bonds is 1. The maximum absolute atomic E-state index is 12.4. The second-order valence-corrected chi connectivity index (χ2v) is 4.47. The Bertz CT molecular complexity index is 806. The first-order valence-electron chi connectivity index (χ1n) is 6.07. The Morgan fingerprint density at radius 1 is 1.38 bits per heavy atom. The number of carbonyl (C=O) groups excluding carboxylic acids is 2. The number of fused-ring (bicyclic) bond motifs is 2. The molecule has 0 saturated carbocycles. The summed E-state index contributed by atoms with van der Waals surface area (Å²) in [6, 6.07) is 6.69. The molecule has 0 amide bonds. The maximum atomic E-state index is 12.4. The van der Waals surface area contributed by atoms with Gasteiger partial charge in [-0.05, 0) is 0 Å². The number of hydrogen-bond donors (Lipinski definition) is 0. The van der Waals surface area contributed by atoms with Crippen molar-refractivity contribution in [2.75, 3.05) is 0 Å². The molecule has 1 aliphatic carbocycles. The number of oxime groups is 1. The highest BCUT2D eigenvalue weighted by Crippen LogP contribution is 2.25. The number of carbonyl (C=O) groups is 2. The summed E-state index contributed by atoms with van der Waals surface area (Å²) in [5, 5.41) is 19.1. The Morgan fingerprint density at radius 3 is 2.71 bits per heavy atom. The van der Waals surface area contributed by atoms with Crippen molar-refractivity contribution >= 4 is 17.5 Å². The molecule has 0 bridgehead atoms. The topological polar surface area (TPSA) is 100 Å². The fourth-order valence-corrected chi connectivity index (χ4v) is 2.20. The minimum Gasteiger partial charge on any atom is -0.571 e. The van der Waals surface area contributed by atoms with Gasteiger partial charge in [-0.15, -0.1) is 4.68 Å². The molecule has 8 nitrogen and oxygen atoms in total. The standard InChI is InChI=1S/C13H10N4O4/c1-7(18)21-15-10-8-5-3-4-6-9(8)13(19)11-12(10)16(2)17(20)14-11/h3-6H,1-2H3. The van der Waals surface area contributed by atoms with E-state index in [0.29, 0.717) is 11.1 Å². The SMILES string of the molecule is CC(=O)ON=C1c2ccccc2C(=O)c2n[n+]([O-])n(C)c21. The summed E-state index contributed by atoms with van der Waals surface area (Å²) in [4.78, 5) is 28.3. The molecular weight excluding hydrogens is 276 g/mol. The normalized spacial score (nSPS) is 14.8. The van der Waals surface area contributed by atoms with E-state index in [2.05, 4.69) is 15.1 Å². The molecule has 0 unspecified atom stereocenters. The Hall–Kier alpha value is -3.03. The molecule has 8 heteroatoms. The molecule has 0 spiro atoms. The van der Waals surface area contributed by atoms with E-state index in [0.717, 1.165) is 4.68 Å². The third-order valence-electron chi connectivity index (χ3n) is 3.12. The van der Waals surface area contributed by atoms with Crippen molar-refractivity contribution in [1.82, 2.24) is 9.78 Å². The van der Waals surface area contributed by atoms with Gasteiger partial charge in [0.25, 0.3) is 0 Å². The molecule has 0 fully saturated rings. The predicted molar refractivity (Wildman–Crippen MR) is 69.4 cm³/mol. The summed E-state index contributed by atoms with van der Waals surface area (Å²) >= 11 is 0. The van der Waals surface area contributed by atoms with Crippen LogP contribution in [0.3, 0.4) is 0 Å². The van der Waals surface area contributed by atoms with E-state index in [9.17, 15) is 14.8 Å². The first kappa shape index (κ1) is 13.0. The van der Waals surface area contributed by atoms with E-state index in [-0.39, 0.29) is 27.8 Å². The molecule has 1 aromatic carbocycles. The van der Waals surface area contributed by atoms with Gasteiger partial charge in [0.2, 0.25) is 11.5 Å². The molecule has 106 valence electrons. The highest BCUT2D eigenvalue weighted by atomic mass is 16.7. The average Bonchev–Trinajstić information content (AvgIpc) is 2.76. The first-order valence-corrected chi connectivity index (χ1v) is 6.07. The summed E-state index contributed by atoms with van der Waals surface area (Å²) in [7, 11) is 1.45. The van der Waals surface area contributed by atoms with Crippen LogP contribution in [0.15, 0.2) is 29.4 Å². The van der Waals surface area contributed by atoms with E-state index in [1.807, 2.05) is 0 Å². The molecule has 3 rings (SSSR count). The minimum absolute atomic E-state index is 0.0166. The summed E-state index contributed by atoms with van der Waals surface area (Å²) < 4.78 is 1.13. The van der Waals surface area contributed by atoms with Crippen LogP contribution >= 0.6 is 0 Å². The van der Waals surface area contributed by atoms with E-state index in [1.54, 1.807) is 24.3 Å². The van der Waals surface area contributed by atoms with E-state index < -0.39 is 5.97 Å². The quantitative estimate of drug-likeness (QED) is 0.269. The minimum atomic E-state index is -0.601. The highest BCUT2D eigenvalue weighted by Gasteiger charge is 2.37. The van der Waals surface area contributed by atoms with Crippen LogP contribution in [0.2, 0.25) is 0 Å². The Kier molecular flexibility index (Phi) is 2.79. The Morgan fingerprint density at radius 2 is 2.05 bits per heavy atom. The smallest absolute Gasteiger partial charge is 0.332 e. The summed E-state index contributed by atoms with van der Waals surface area (Å²) in [6.45, 7) is 1.21. The predicted octanol–water partition coefficient (Wildman–Crippen LogP) is -0.0866. The van der Waals surface area contributed by atoms with Gasteiger partial charge in [-0.2, -0.15) is 0 Å². The monoisotopic (exact) mass is 286 g/mol. The lowest BCUT2D eigenvalue weighted by Crippen LogP contribution is -2.39. The number of nitrogens with zero attached hydrogens (tertiary/aromatic N) is 4. The molecule has 0 atom stereocenters. The fraction of sp³-hybridized carbons (Fsp3) is 0.154. The lowest BCUT2D eigenvalue weighted by Gasteiger charge is -2.14. The van der Waals surface area contributed by atoms with Gasteiger partial charge in [-0.1, -0.05) is 29.4 Å². The van der Waals surface area contributed by atoms with Gasteiger partial charge in [0.1, 0.15) is 5.71 Å². The first-order chi connectivity index (χ1) is 10.0. The third kappa shape index (κ3) is 1.88. The van der Waals surface area contributed by atoms with Gasteiger partial charge in [0, 0.05) is 28.1 Å². The van der Waals surface area contributed by atoms with E-state index in [1.165, 1.54) is 14.0 Å². The Balaban J connectivity index is 2.30. The number of ketones is 1. The zero-order valence-corrected chi connectivity index (χ0v) is 11.2. The van der Waals surface area contributed by atoms with Crippen molar-refractivity contribution in [2.24, 2.45) is 12.2 Å². The van der Waals surface area contributed by atoms with Crippen LogP contribution in [0.4, 0.5) is 0 Å². The van der Waals surface area contributed by atoms with Gasteiger partial charge in [0.15, 0.2) is 5.69 Å². The van der Waals surface area contributed by atoms with Crippen LogP contribution < -0.4 is 4.96 Å². The van der Waals surface area contributed by atoms with Crippen LogP contribution in [0.25, 0.3) is 0 Å². The molecule has 0 saturated heterocycles. The van der Waals surface area contributed by atoms with Gasteiger partial charge in [-0.25, -0.2) is 4.79 Å². The van der Waals surface area contributed by atoms with Gasteiger partial charge < -0.3 is 10.0 Å². The molecule has 1 heterocycles. The lowest BCUT2D eigenvalue weighted by molar-refractivity contribution is -0.747. The third-order valence-corrected chi connectivity index (χ3v) is 3.12. The van der Waals surface area contributed by atoms with Gasteiger partial charge in [-0.3, -0.25) is 4.79 Å². The van der Waals surface area contributed by atoms with Gasteiger partial charge in [0.05, 0.1) is 7.05 Å². The molecule has 2 aromatic rings. The molecule has 0 radical (unpaired) electrons. The van der Waals surface area contributed by atoms with Crippen LogP contribution in [-0.2, 0) is 16.7 Å². The van der Waals surface area contributed by atoms with E-state index >= 15 is 0 Å². The maximum Gasteiger partial charge on any atom is 0.332 e. The van der Waals surface area contributed by atoms with Crippen molar-refractivity contribution in [1.29, 1.82) is 0 Å². The molecule has 0 N–H and O–H groups in total. The van der Waals surface area contributed by atoms with Crippen molar-refractivity contribution in [3.63, 3.8) is 0 Å². The Labute approximate surface area is 118 Å². The second-order valence-electron chi connectivity index (χ2n) is 4.47. The number of benzene rings is 1. The molecule has 21 heavy (non-hydrogen) atoms. The largest absolute Gasteiger partial charge is 0.571 e. The van der Waals surface area contributed by atoms with Crippen molar-refractivity contribution in [3.05, 3.63) is 52.0 Å². The van der Waals surface area contributed by atoms with Crippen LogP contribution in [0.1, 0.15) is 34.2 Å². The van der Waals surface area contributed by atoms with Crippen molar-refractivity contribution < 1.29 is 19.4 Å². The summed E-state index contributed by atoms with van der Waals surface area (Å²) in [6.07, 6.45) is 0. The molecule has 1 aromatic heterocycles.